The average Bonchev–Trinajstić information content (AvgIpc) is 3.22. The molecule has 2 nitrogen and oxygen atoms in total. The molecule has 0 atom stereocenters. The van der Waals surface area contributed by atoms with Gasteiger partial charge in [0.05, 0.1) is 11.4 Å². The zero-order valence-electron chi connectivity index (χ0n) is 28.5. The van der Waals surface area contributed by atoms with E-state index in [0.29, 0.717) is 0 Å². The van der Waals surface area contributed by atoms with Gasteiger partial charge in [0.2, 0.25) is 0 Å². The molecule has 10 aromatic rings. The number of fused-ring (bicyclic) bond motifs is 1. The van der Waals surface area contributed by atoms with Gasteiger partial charge in [-0.25, -0.2) is 0 Å². The minimum Gasteiger partial charge on any atom is -0.310 e. The lowest BCUT2D eigenvalue weighted by Gasteiger charge is -2.28. The molecule has 0 unspecified atom stereocenters. The quantitative estimate of drug-likeness (QED) is 0.157. The van der Waals surface area contributed by atoms with Gasteiger partial charge in [-0.05, 0) is 104 Å². The maximum atomic E-state index is 2.38. The second-order valence-corrected chi connectivity index (χ2v) is 13.3. The summed E-state index contributed by atoms with van der Waals surface area (Å²) in [5.41, 5.74) is 9.32. The third-order valence-electron chi connectivity index (χ3n) is 10.4. The highest BCUT2D eigenvalue weighted by atomic mass is 15.1. The van der Waals surface area contributed by atoms with Gasteiger partial charge in [0, 0.05) is 33.5 Å². The van der Waals surface area contributed by atoms with Gasteiger partial charge in [-0.3, -0.25) is 0 Å². The molecular formula is C50H34N2. The molecule has 0 aliphatic heterocycles. The van der Waals surface area contributed by atoms with E-state index >= 15 is 0 Å². The number of anilines is 6. The molecule has 0 saturated carbocycles. The number of rotatable bonds is 7. The molecule has 10 rings (SSSR count). The molecule has 0 aliphatic carbocycles. The van der Waals surface area contributed by atoms with E-state index < -0.39 is 0 Å². The zero-order chi connectivity index (χ0) is 34.4. The number of hydrogen-bond acceptors (Lipinski definition) is 2. The molecule has 244 valence electrons. The highest BCUT2D eigenvalue weighted by Crippen LogP contribution is 2.47. The lowest BCUT2D eigenvalue weighted by Crippen LogP contribution is -2.10. The second kappa shape index (κ2) is 12.5. The summed E-state index contributed by atoms with van der Waals surface area (Å²) >= 11 is 0. The van der Waals surface area contributed by atoms with Crippen LogP contribution in [0, 0.1) is 0 Å². The van der Waals surface area contributed by atoms with E-state index in [1.165, 1.54) is 59.9 Å². The fourth-order valence-electron chi connectivity index (χ4n) is 8.09. The van der Waals surface area contributed by atoms with Crippen LogP contribution in [0.5, 0.6) is 0 Å². The van der Waals surface area contributed by atoms with Crippen molar-refractivity contribution in [3.63, 3.8) is 0 Å². The van der Waals surface area contributed by atoms with E-state index in [2.05, 4.69) is 216 Å². The van der Waals surface area contributed by atoms with E-state index in [9.17, 15) is 0 Å². The molecule has 0 radical (unpaired) electrons. The zero-order valence-corrected chi connectivity index (χ0v) is 28.5. The SMILES string of the molecule is c1ccc(N(c2ccccc2)c2ccc(-c3ccc4ccc5c(N(c6ccccc6)c6ccccc6)ccc6ccc3c4c65)c3ccccc23)cc1. The molecule has 2 heteroatoms. The predicted molar refractivity (Wildman–Crippen MR) is 222 cm³/mol. The van der Waals surface area contributed by atoms with Gasteiger partial charge in [0.1, 0.15) is 0 Å². The van der Waals surface area contributed by atoms with Crippen molar-refractivity contribution >= 4 is 77.2 Å². The minimum absolute atomic E-state index is 1.13. The Morgan fingerprint density at radius 1 is 0.231 bits per heavy atom. The minimum atomic E-state index is 1.13. The summed E-state index contributed by atoms with van der Waals surface area (Å²) < 4.78 is 0. The first kappa shape index (κ1) is 30.0. The lowest BCUT2D eigenvalue weighted by molar-refractivity contribution is 1.30. The Morgan fingerprint density at radius 2 is 0.577 bits per heavy atom. The van der Waals surface area contributed by atoms with Crippen molar-refractivity contribution in [2.75, 3.05) is 9.80 Å². The predicted octanol–water partition coefficient (Wildman–Crippen LogP) is 14.3. The Morgan fingerprint density at radius 3 is 1.12 bits per heavy atom. The second-order valence-electron chi connectivity index (χ2n) is 13.3. The smallest absolute Gasteiger partial charge is 0.0540 e. The summed E-state index contributed by atoms with van der Waals surface area (Å²) in [5.74, 6) is 0. The Bertz CT molecular complexity index is 2750. The van der Waals surface area contributed by atoms with Gasteiger partial charge < -0.3 is 9.80 Å². The summed E-state index contributed by atoms with van der Waals surface area (Å²) in [6.07, 6.45) is 0. The normalized spacial score (nSPS) is 11.5. The number of hydrogen-bond donors (Lipinski definition) is 0. The monoisotopic (exact) mass is 662 g/mol. The van der Waals surface area contributed by atoms with E-state index in [1.54, 1.807) is 0 Å². The van der Waals surface area contributed by atoms with Crippen LogP contribution in [-0.4, -0.2) is 0 Å². The van der Waals surface area contributed by atoms with Crippen molar-refractivity contribution in [2.24, 2.45) is 0 Å². The maximum absolute atomic E-state index is 2.38. The van der Waals surface area contributed by atoms with Crippen LogP contribution < -0.4 is 9.80 Å². The third kappa shape index (κ3) is 4.88. The Kier molecular flexibility index (Phi) is 7.18. The standard InChI is InChI=1S/C50H34N2/c1-5-15-37(16-6-1)51(38-17-7-2-8-18-38)47-34-32-42(41-23-13-14-24-44(41)47)43-29-25-35-27-31-46-48(33-28-36-26-30-45(43)49(35)50(36)46)52(39-19-9-3-10-20-39)40-21-11-4-12-22-40/h1-34H. The summed E-state index contributed by atoms with van der Waals surface area (Å²) in [6.45, 7) is 0. The molecular weight excluding hydrogens is 629 g/mol. The lowest BCUT2D eigenvalue weighted by atomic mass is 9.87. The van der Waals surface area contributed by atoms with Crippen LogP contribution in [0.15, 0.2) is 206 Å². The average molecular weight is 663 g/mol. The molecule has 0 aromatic heterocycles. The highest BCUT2D eigenvalue weighted by Gasteiger charge is 2.21. The Balaban J connectivity index is 1.20. The van der Waals surface area contributed by atoms with Crippen molar-refractivity contribution in [3.8, 4) is 11.1 Å². The molecule has 10 aromatic carbocycles. The summed E-state index contributed by atoms with van der Waals surface area (Å²) in [6, 6.07) is 74.6. The van der Waals surface area contributed by atoms with E-state index in [-0.39, 0.29) is 0 Å². The number of para-hydroxylation sites is 4. The van der Waals surface area contributed by atoms with Crippen LogP contribution in [0.2, 0.25) is 0 Å². The van der Waals surface area contributed by atoms with Crippen LogP contribution in [0.3, 0.4) is 0 Å². The Labute approximate surface area is 303 Å². The third-order valence-corrected chi connectivity index (χ3v) is 10.4. The topological polar surface area (TPSA) is 6.48 Å². The van der Waals surface area contributed by atoms with Gasteiger partial charge in [-0.2, -0.15) is 0 Å². The van der Waals surface area contributed by atoms with Gasteiger partial charge in [0.25, 0.3) is 0 Å². The van der Waals surface area contributed by atoms with E-state index in [0.717, 1.165) is 28.4 Å². The van der Waals surface area contributed by atoms with Gasteiger partial charge in [-0.1, -0.05) is 146 Å². The van der Waals surface area contributed by atoms with Crippen LogP contribution in [0.25, 0.3) is 54.2 Å². The van der Waals surface area contributed by atoms with Gasteiger partial charge in [-0.15, -0.1) is 0 Å². The van der Waals surface area contributed by atoms with Crippen LogP contribution in [0.1, 0.15) is 0 Å². The first-order valence-corrected chi connectivity index (χ1v) is 17.9. The van der Waals surface area contributed by atoms with Crippen molar-refractivity contribution in [1.82, 2.24) is 0 Å². The van der Waals surface area contributed by atoms with Crippen LogP contribution in [-0.2, 0) is 0 Å². The fraction of sp³-hybridized carbons (Fsp3) is 0. The molecule has 0 N–H and O–H groups in total. The largest absolute Gasteiger partial charge is 0.310 e. The molecule has 0 spiro atoms. The molecule has 0 amide bonds. The van der Waals surface area contributed by atoms with Gasteiger partial charge >= 0.3 is 0 Å². The first-order valence-electron chi connectivity index (χ1n) is 17.9. The number of benzene rings is 10. The summed E-state index contributed by atoms with van der Waals surface area (Å²) in [7, 11) is 0. The molecule has 0 heterocycles. The van der Waals surface area contributed by atoms with Crippen molar-refractivity contribution in [3.05, 3.63) is 206 Å². The summed E-state index contributed by atoms with van der Waals surface area (Å²) in [5, 5.41) is 10.0. The maximum Gasteiger partial charge on any atom is 0.0540 e. The van der Waals surface area contributed by atoms with Crippen molar-refractivity contribution in [2.45, 2.75) is 0 Å². The fourth-order valence-corrected chi connectivity index (χ4v) is 8.09. The van der Waals surface area contributed by atoms with E-state index in [1.807, 2.05) is 0 Å². The van der Waals surface area contributed by atoms with Crippen LogP contribution in [0.4, 0.5) is 34.1 Å². The molecule has 52 heavy (non-hydrogen) atoms. The molecule has 0 saturated heterocycles. The summed E-state index contributed by atoms with van der Waals surface area (Å²) in [4.78, 5) is 4.74. The van der Waals surface area contributed by atoms with Gasteiger partial charge in [0.15, 0.2) is 0 Å². The first-order chi connectivity index (χ1) is 25.8. The molecule has 0 bridgehead atoms. The molecule has 0 aliphatic rings. The highest BCUT2D eigenvalue weighted by molar-refractivity contribution is 6.28. The molecule has 0 fully saturated rings. The Hall–Kier alpha value is -6.90. The van der Waals surface area contributed by atoms with Crippen LogP contribution >= 0.6 is 0 Å². The van der Waals surface area contributed by atoms with E-state index in [4.69, 9.17) is 0 Å². The van der Waals surface area contributed by atoms with Crippen molar-refractivity contribution in [1.29, 1.82) is 0 Å². The van der Waals surface area contributed by atoms with Crippen molar-refractivity contribution < 1.29 is 0 Å². The number of nitrogens with zero attached hydrogens (tertiary/aromatic N) is 2.